The minimum atomic E-state index is -2.56. The third kappa shape index (κ3) is 3.84. The molecule has 144 valence electrons. The van der Waals surface area contributed by atoms with Crippen molar-refractivity contribution in [2.24, 2.45) is 7.05 Å². The smallest absolute Gasteiger partial charge is 0.282 e. The second-order valence-electron chi connectivity index (χ2n) is 6.84. The molecule has 0 radical (unpaired) electrons. The summed E-state index contributed by atoms with van der Waals surface area (Å²) in [6, 6.07) is 4.41. The fourth-order valence-corrected chi connectivity index (χ4v) is 3.50. The minimum absolute atomic E-state index is 0.138. The largest absolute Gasteiger partial charge is 0.356 e. The molecule has 0 saturated carbocycles. The van der Waals surface area contributed by atoms with Crippen molar-refractivity contribution in [3.8, 4) is 0 Å². The molecule has 1 aromatic carbocycles. The Morgan fingerprint density at radius 3 is 2.52 bits per heavy atom. The van der Waals surface area contributed by atoms with Crippen LogP contribution in [0.4, 0.5) is 13.2 Å². The Morgan fingerprint density at radius 1 is 1.11 bits per heavy atom. The van der Waals surface area contributed by atoms with Crippen molar-refractivity contribution in [1.29, 1.82) is 0 Å². The van der Waals surface area contributed by atoms with Gasteiger partial charge in [0.1, 0.15) is 17.2 Å². The third-order valence-electron chi connectivity index (χ3n) is 4.88. The van der Waals surface area contributed by atoms with Gasteiger partial charge in [0.05, 0.1) is 0 Å². The minimum Gasteiger partial charge on any atom is -0.356 e. The van der Waals surface area contributed by atoms with Crippen LogP contribution in [-0.4, -0.2) is 50.9 Å². The Labute approximate surface area is 154 Å². The van der Waals surface area contributed by atoms with Gasteiger partial charge in [0.15, 0.2) is 5.58 Å². The van der Waals surface area contributed by atoms with Gasteiger partial charge in [0.2, 0.25) is 0 Å². The van der Waals surface area contributed by atoms with Crippen molar-refractivity contribution in [3.63, 3.8) is 0 Å². The number of aryl methyl sites for hydroxylation is 1. The molecule has 2 aromatic heterocycles. The molecule has 1 saturated heterocycles. The van der Waals surface area contributed by atoms with Crippen LogP contribution in [0.15, 0.2) is 28.9 Å². The Balaban J connectivity index is 1.36. The van der Waals surface area contributed by atoms with E-state index in [1.165, 1.54) is 16.8 Å². The highest BCUT2D eigenvalue weighted by molar-refractivity contribution is 5.79. The molecule has 6 nitrogen and oxygen atoms in total. The van der Waals surface area contributed by atoms with Gasteiger partial charge in [-0.1, -0.05) is 5.16 Å². The van der Waals surface area contributed by atoms with Crippen molar-refractivity contribution < 1.29 is 17.7 Å². The van der Waals surface area contributed by atoms with Gasteiger partial charge >= 0.3 is 0 Å². The summed E-state index contributed by atoms with van der Waals surface area (Å²) in [5.41, 5.74) is 1.66. The zero-order valence-corrected chi connectivity index (χ0v) is 14.9. The van der Waals surface area contributed by atoms with Gasteiger partial charge in [0.25, 0.3) is 6.43 Å². The summed E-state index contributed by atoms with van der Waals surface area (Å²) in [7, 11) is 1.65. The van der Waals surface area contributed by atoms with Crippen LogP contribution in [0, 0.1) is 5.82 Å². The first-order chi connectivity index (χ1) is 13.0. The lowest BCUT2D eigenvalue weighted by Crippen LogP contribution is -2.45. The molecule has 0 bridgehead atoms. The zero-order valence-electron chi connectivity index (χ0n) is 14.9. The molecule has 0 aliphatic carbocycles. The highest BCUT2D eigenvalue weighted by Gasteiger charge is 2.23. The van der Waals surface area contributed by atoms with Gasteiger partial charge in [0, 0.05) is 69.5 Å². The summed E-state index contributed by atoms with van der Waals surface area (Å²) in [5, 5.41) is 8.74. The molecule has 1 aliphatic heterocycles. The first-order valence-electron chi connectivity index (χ1n) is 8.78. The van der Waals surface area contributed by atoms with Crippen LogP contribution in [0.1, 0.15) is 23.4 Å². The molecule has 3 aromatic rings. The predicted molar refractivity (Wildman–Crippen MR) is 92.7 cm³/mol. The molecule has 0 N–H and O–H groups in total. The van der Waals surface area contributed by atoms with Crippen molar-refractivity contribution in [2.45, 2.75) is 19.5 Å². The van der Waals surface area contributed by atoms with Crippen LogP contribution in [-0.2, 0) is 20.1 Å². The maximum atomic E-state index is 13.2. The highest BCUT2D eigenvalue weighted by atomic mass is 19.3. The lowest BCUT2D eigenvalue weighted by atomic mass is 10.2. The molecule has 9 heteroatoms. The normalized spacial score (nSPS) is 16.6. The molecule has 3 heterocycles. The molecule has 1 fully saturated rings. The van der Waals surface area contributed by atoms with E-state index in [1.807, 2.05) is 0 Å². The molecule has 1 aliphatic rings. The van der Waals surface area contributed by atoms with E-state index in [2.05, 4.69) is 20.1 Å². The van der Waals surface area contributed by atoms with Gasteiger partial charge in [-0.15, -0.1) is 0 Å². The second-order valence-corrected chi connectivity index (χ2v) is 6.84. The van der Waals surface area contributed by atoms with Gasteiger partial charge in [-0.05, 0) is 12.1 Å². The average Bonchev–Trinajstić information content (AvgIpc) is 3.20. The van der Waals surface area contributed by atoms with Crippen LogP contribution in [0.3, 0.4) is 0 Å². The molecule has 0 spiro atoms. The standard InChI is InChI=1S/C18H20F3N5O/c1-24-9-12(17(22-24)18(20)21)10-25-4-6-26(7-5-25)11-15-14-3-2-13(19)8-16(14)27-23-15/h2-3,8-9,18H,4-7,10-11H2,1H3. The first-order valence-corrected chi connectivity index (χ1v) is 8.78. The van der Waals surface area contributed by atoms with Crippen molar-refractivity contribution >= 4 is 11.0 Å². The summed E-state index contributed by atoms with van der Waals surface area (Å²) in [5.74, 6) is -0.350. The highest BCUT2D eigenvalue weighted by Crippen LogP contribution is 2.24. The Bertz CT molecular complexity index is 930. The Kier molecular flexibility index (Phi) is 4.88. The molecular weight excluding hydrogens is 359 g/mol. The second kappa shape index (κ2) is 7.32. The number of fused-ring (bicyclic) bond motifs is 1. The summed E-state index contributed by atoms with van der Waals surface area (Å²) in [6.07, 6.45) is -0.901. The maximum Gasteiger partial charge on any atom is 0.282 e. The van der Waals surface area contributed by atoms with Gasteiger partial charge in [-0.2, -0.15) is 5.10 Å². The van der Waals surface area contributed by atoms with Crippen LogP contribution in [0.5, 0.6) is 0 Å². The van der Waals surface area contributed by atoms with Crippen LogP contribution < -0.4 is 0 Å². The predicted octanol–water partition coefficient (Wildman–Crippen LogP) is 2.96. The number of hydrogen-bond donors (Lipinski definition) is 0. The number of benzene rings is 1. The van der Waals surface area contributed by atoms with Gasteiger partial charge in [-0.3, -0.25) is 14.5 Å². The fraction of sp³-hybridized carbons (Fsp3) is 0.444. The maximum absolute atomic E-state index is 13.2. The summed E-state index contributed by atoms with van der Waals surface area (Å²) >= 11 is 0. The summed E-state index contributed by atoms with van der Waals surface area (Å²) < 4.78 is 46.0. The Morgan fingerprint density at radius 2 is 1.81 bits per heavy atom. The van der Waals surface area contributed by atoms with E-state index in [1.54, 1.807) is 19.3 Å². The van der Waals surface area contributed by atoms with E-state index >= 15 is 0 Å². The number of hydrogen-bond acceptors (Lipinski definition) is 5. The quantitative estimate of drug-likeness (QED) is 0.682. The SMILES string of the molecule is Cn1cc(CN2CCN(Cc3noc4cc(F)ccc34)CC2)c(C(F)F)n1. The third-order valence-corrected chi connectivity index (χ3v) is 4.88. The molecular formula is C18H20F3N5O. The molecule has 0 unspecified atom stereocenters. The molecule has 0 amide bonds. The number of nitrogens with zero attached hydrogens (tertiary/aromatic N) is 5. The van der Waals surface area contributed by atoms with Crippen molar-refractivity contribution in [1.82, 2.24) is 24.7 Å². The van der Waals surface area contributed by atoms with Crippen molar-refractivity contribution in [2.75, 3.05) is 26.2 Å². The molecule has 4 rings (SSSR count). The topological polar surface area (TPSA) is 50.3 Å². The van der Waals surface area contributed by atoms with Crippen LogP contribution >= 0.6 is 0 Å². The summed E-state index contributed by atoms with van der Waals surface area (Å²) in [4.78, 5) is 4.38. The van der Waals surface area contributed by atoms with E-state index in [0.29, 0.717) is 24.2 Å². The van der Waals surface area contributed by atoms with Gasteiger partial charge in [-0.25, -0.2) is 13.2 Å². The monoisotopic (exact) mass is 379 g/mol. The molecule has 0 atom stereocenters. The number of rotatable bonds is 5. The number of aromatic nitrogens is 3. The summed E-state index contributed by atoms with van der Waals surface area (Å²) in [6.45, 7) is 4.19. The van der Waals surface area contributed by atoms with Crippen LogP contribution in [0.25, 0.3) is 11.0 Å². The number of alkyl halides is 2. The van der Waals surface area contributed by atoms with E-state index in [-0.39, 0.29) is 11.5 Å². The van der Waals surface area contributed by atoms with Crippen molar-refractivity contribution in [3.05, 3.63) is 47.2 Å². The van der Waals surface area contributed by atoms with E-state index in [0.717, 1.165) is 37.3 Å². The first kappa shape index (κ1) is 18.0. The lowest BCUT2D eigenvalue weighted by Gasteiger charge is -2.34. The zero-order chi connectivity index (χ0) is 19.0. The Hall–Kier alpha value is -2.39. The van der Waals surface area contributed by atoms with E-state index in [4.69, 9.17) is 4.52 Å². The average molecular weight is 379 g/mol. The number of piperazine rings is 1. The van der Waals surface area contributed by atoms with Gasteiger partial charge < -0.3 is 4.52 Å². The lowest BCUT2D eigenvalue weighted by molar-refractivity contribution is 0.116. The van der Waals surface area contributed by atoms with E-state index in [9.17, 15) is 13.2 Å². The molecule has 27 heavy (non-hydrogen) atoms. The fourth-order valence-electron chi connectivity index (χ4n) is 3.50. The van der Waals surface area contributed by atoms with Crippen LogP contribution in [0.2, 0.25) is 0 Å². The van der Waals surface area contributed by atoms with E-state index < -0.39 is 6.43 Å². The number of halogens is 3.